The van der Waals surface area contributed by atoms with Crippen molar-refractivity contribution in [2.75, 3.05) is 13.7 Å². The van der Waals surface area contributed by atoms with E-state index in [0.717, 1.165) is 4.90 Å². The Labute approximate surface area is 168 Å². The minimum Gasteiger partial charge on any atom is -0.467 e. The van der Waals surface area contributed by atoms with Gasteiger partial charge in [0.1, 0.15) is 11.8 Å². The third-order valence-electron chi connectivity index (χ3n) is 4.71. The number of benzene rings is 1. The second-order valence-corrected chi connectivity index (χ2v) is 7.15. The van der Waals surface area contributed by atoms with Gasteiger partial charge in [-0.3, -0.25) is 19.3 Å². The van der Waals surface area contributed by atoms with Crippen LogP contribution < -0.4 is 0 Å². The molecular weight excluding hydrogens is 376 g/mol. The average molecular weight is 398 g/mol. The van der Waals surface area contributed by atoms with E-state index in [9.17, 15) is 19.2 Å². The third kappa shape index (κ3) is 4.06. The third-order valence-corrected chi connectivity index (χ3v) is 4.71. The van der Waals surface area contributed by atoms with Crippen molar-refractivity contribution in [1.82, 2.24) is 9.80 Å². The van der Waals surface area contributed by atoms with Gasteiger partial charge in [0, 0.05) is 7.05 Å². The molecule has 1 aromatic heterocycles. The van der Waals surface area contributed by atoms with E-state index in [1.165, 1.54) is 11.2 Å². The highest BCUT2D eigenvalue weighted by Gasteiger charge is 2.44. The lowest BCUT2D eigenvalue weighted by Gasteiger charge is -2.27. The van der Waals surface area contributed by atoms with Crippen molar-refractivity contribution in [1.29, 1.82) is 0 Å². The number of imide groups is 1. The van der Waals surface area contributed by atoms with E-state index in [0.29, 0.717) is 5.76 Å². The van der Waals surface area contributed by atoms with Crippen LogP contribution >= 0.6 is 0 Å². The molecule has 1 atom stereocenters. The largest absolute Gasteiger partial charge is 0.467 e. The smallest absolute Gasteiger partial charge is 0.330 e. The van der Waals surface area contributed by atoms with Gasteiger partial charge in [0.2, 0.25) is 0 Å². The second kappa shape index (κ2) is 8.30. The molecule has 3 rings (SSSR count). The van der Waals surface area contributed by atoms with Crippen LogP contribution in [0.15, 0.2) is 47.1 Å². The van der Waals surface area contributed by atoms with E-state index in [4.69, 9.17) is 9.15 Å². The molecule has 0 N–H and O–H groups in total. The maximum atomic E-state index is 12.7. The predicted molar refractivity (Wildman–Crippen MR) is 102 cm³/mol. The summed E-state index contributed by atoms with van der Waals surface area (Å²) in [7, 11) is 1.56. The molecule has 0 spiro atoms. The maximum absolute atomic E-state index is 12.7. The number of rotatable bonds is 7. The van der Waals surface area contributed by atoms with Crippen LogP contribution in [0.2, 0.25) is 0 Å². The van der Waals surface area contributed by atoms with Crippen LogP contribution in [0.4, 0.5) is 0 Å². The second-order valence-electron chi connectivity index (χ2n) is 7.15. The summed E-state index contributed by atoms with van der Waals surface area (Å²) in [6, 6.07) is 8.73. The first-order valence-corrected chi connectivity index (χ1v) is 9.21. The van der Waals surface area contributed by atoms with E-state index in [1.807, 2.05) is 0 Å². The monoisotopic (exact) mass is 398 g/mol. The summed E-state index contributed by atoms with van der Waals surface area (Å²) in [5.41, 5.74) is 0.510. The lowest BCUT2D eigenvalue weighted by atomic mass is 10.0. The van der Waals surface area contributed by atoms with Gasteiger partial charge in [-0.2, -0.15) is 0 Å². The molecular formula is C21H22N2O6. The fourth-order valence-corrected chi connectivity index (χ4v) is 3.19. The number of esters is 1. The van der Waals surface area contributed by atoms with Gasteiger partial charge in [0.25, 0.3) is 17.7 Å². The maximum Gasteiger partial charge on any atom is 0.330 e. The lowest BCUT2D eigenvalue weighted by Crippen LogP contribution is -2.49. The van der Waals surface area contributed by atoms with Crippen molar-refractivity contribution >= 4 is 23.7 Å². The van der Waals surface area contributed by atoms with Gasteiger partial charge >= 0.3 is 5.97 Å². The summed E-state index contributed by atoms with van der Waals surface area (Å²) >= 11 is 0. The summed E-state index contributed by atoms with van der Waals surface area (Å²) < 4.78 is 10.4. The highest BCUT2D eigenvalue weighted by molar-refractivity contribution is 6.22. The number of carbonyl (C=O) groups excluding carboxylic acids is 4. The first-order chi connectivity index (χ1) is 13.8. The topological polar surface area (TPSA) is 97.1 Å². The molecule has 0 aliphatic carbocycles. The van der Waals surface area contributed by atoms with Gasteiger partial charge in [0.15, 0.2) is 6.61 Å². The summed E-state index contributed by atoms with van der Waals surface area (Å²) in [4.78, 5) is 52.6. The molecule has 1 aromatic carbocycles. The van der Waals surface area contributed by atoms with Crippen LogP contribution in [-0.2, 0) is 20.9 Å². The number of hydrogen-bond donors (Lipinski definition) is 0. The normalized spacial score (nSPS) is 14.1. The molecule has 29 heavy (non-hydrogen) atoms. The Balaban J connectivity index is 1.67. The van der Waals surface area contributed by atoms with Crippen molar-refractivity contribution in [3.8, 4) is 0 Å². The molecule has 0 unspecified atom stereocenters. The van der Waals surface area contributed by atoms with Gasteiger partial charge in [0.05, 0.1) is 23.9 Å². The molecule has 0 saturated heterocycles. The van der Waals surface area contributed by atoms with Crippen molar-refractivity contribution in [3.63, 3.8) is 0 Å². The van der Waals surface area contributed by atoms with E-state index < -0.39 is 36.3 Å². The Morgan fingerprint density at radius 2 is 1.69 bits per heavy atom. The van der Waals surface area contributed by atoms with Gasteiger partial charge in [-0.15, -0.1) is 0 Å². The number of ether oxygens (including phenoxy) is 1. The highest BCUT2D eigenvalue weighted by Crippen LogP contribution is 2.27. The summed E-state index contributed by atoms with van der Waals surface area (Å²) in [5.74, 6) is -2.10. The Morgan fingerprint density at radius 1 is 1.07 bits per heavy atom. The highest BCUT2D eigenvalue weighted by atomic mass is 16.5. The van der Waals surface area contributed by atoms with Crippen LogP contribution in [0.1, 0.15) is 40.3 Å². The summed E-state index contributed by atoms with van der Waals surface area (Å²) in [6.45, 7) is 3.15. The molecule has 0 fully saturated rings. The lowest BCUT2D eigenvalue weighted by molar-refractivity contribution is -0.156. The molecule has 0 bridgehead atoms. The fourth-order valence-electron chi connectivity index (χ4n) is 3.19. The number of hydrogen-bond acceptors (Lipinski definition) is 6. The molecule has 0 saturated carbocycles. The van der Waals surface area contributed by atoms with Crippen LogP contribution in [0.3, 0.4) is 0 Å². The first kappa shape index (κ1) is 20.3. The zero-order chi connectivity index (χ0) is 21.1. The van der Waals surface area contributed by atoms with E-state index >= 15 is 0 Å². The summed E-state index contributed by atoms with van der Waals surface area (Å²) in [6.07, 6.45) is 1.50. The predicted octanol–water partition coefficient (Wildman–Crippen LogP) is 2.10. The van der Waals surface area contributed by atoms with Crippen molar-refractivity contribution in [3.05, 3.63) is 59.5 Å². The molecule has 0 radical (unpaired) electrons. The zero-order valence-electron chi connectivity index (χ0n) is 16.5. The zero-order valence-corrected chi connectivity index (χ0v) is 16.5. The van der Waals surface area contributed by atoms with Crippen LogP contribution in [0.5, 0.6) is 0 Å². The number of amides is 3. The van der Waals surface area contributed by atoms with Crippen LogP contribution in [-0.4, -0.2) is 53.2 Å². The van der Waals surface area contributed by atoms with Gasteiger partial charge < -0.3 is 14.1 Å². The summed E-state index contributed by atoms with van der Waals surface area (Å²) in [5, 5.41) is 0. The SMILES string of the molecule is CC(C)[C@@H](C(=O)OCC(=O)N(C)Cc1ccco1)N1C(=O)c2ccccc2C1=O. The van der Waals surface area contributed by atoms with E-state index in [-0.39, 0.29) is 23.6 Å². The molecule has 8 nitrogen and oxygen atoms in total. The molecule has 8 heteroatoms. The first-order valence-electron chi connectivity index (χ1n) is 9.21. The Bertz CT molecular complexity index is 899. The molecule has 3 amide bonds. The fraction of sp³-hybridized carbons (Fsp3) is 0.333. The van der Waals surface area contributed by atoms with Crippen molar-refractivity contribution in [2.24, 2.45) is 5.92 Å². The van der Waals surface area contributed by atoms with Crippen molar-refractivity contribution < 1.29 is 28.3 Å². The Morgan fingerprint density at radius 3 is 2.21 bits per heavy atom. The number of nitrogens with zero attached hydrogens (tertiary/aromatic N) is 2. The van der Waals surface area contributed by atoms with Crippen LogP contribution in [0, 0.1) is 5.92 Å². The quantitative estimate of drug-likeness (QED) is 0.523. The molecule has 2 aromatic rings. The number of fused-ring (bicyclic) bond motifs is 1. The van der Waals surface area contributed by atoms with E-state index in [2.05, 4.69) is 0 Å². The standard InChI is InChI=1S/C21H22N2O6/c1-13(2)18(23-19(25)15-8-4-5-9-16(15)20(23)26)21(27)29-12-17(24)22(3)11-14-7-6-10-28-14/h4-10,13,18H,11-12H2,1-3H3/t18-/m0/s1. The molecule has 2 heterocycles. The number of likely N-dealkylation sites (N-methyl/N-ethyl adjacent to an activating group) is 1. The molecule has 1 aliphatic rings. The molecule has 152 valence electrons. The number of furan rings is 1. The minimum atomic E-state index is -1.12. The van der Waals surface area contributed by atoms with Gasteiger partial charge in [-0.25, -0.2) is 4.79 Å². The Hall–Kier alpha value is -3.42. The average Bonchev–Trinajstić information content (AvgIpc) is 3.29. The number of carbonyl (C=O) groups is 4. The van der Waals surface area contributed by atoms with E-state index in [1.54, 1.807) is 57.3 Å². The minimum absolute atomic E-state index is 0.232. The van der Waals surface area contributed by atoms with Crippen LogP contribution in [0.25, 0.3) is 0 Å². The molecule has 1 aliphatic heterocycles. The van der Waals surface area contributed by atoms with Crippen molar-refractivity contribution in [2.45, 2.75) is 26.4 Å². The van der Waals surface area contributed by atoms with Gasteiger partial charge in [-0.1, -0.05) is 26.0 Å². The Kier molecular flexibility index (Phi) is 5.81. The van der Waals surface area contributed by atoms with Gasteiger partial charge in [-0.05, 0) is 30.2 Å².